The number of pyridine rings is 1. The fraction of sp³-hybridized carbons (Fsp3) is 0.360. The lowest BCUT2D eigenvalue weighted by Crippen LogP contribution is -2.57. The number of hydrogen-bond acceptors (Lipinski definition) is 5. The van der Waals surface area contributed by atoms with Crippen molar-refractivity contribution in [1.29, 1.82) is 0 Å². The molecular formula is C25H22F4N6O2. The van der Waals surface area contributed by atoms with Crippen molar-refractivity contribution in [2.24, 2.45) is 5.41 Å². The monoisotopic (exact) mass is 514 g/mol. The van der Waals surface area contributed by atoms with Gasteiger partial charge in [-0.15, -0.1) is 0 Å². The summed E-state index contributed by atoms with van der Waals surface area (Å²) in [6, 6.07) is 6.03. The van der Waals surface area contributed by atoms with Crippen molar-refractivity contribution in [2.45, 2.75) is 18.6 Å². The number of aromatic nitrogens is 3. The average Bonchev–Trinajstić information content (AvgIpc) is 3.36. The second-order valence-electron chi connectivity index (χ2n) is 9.76. The van der Waals surface area contributed by atoms with Gasteiger partial charge >= 0.3 is 6.18 Å². The summed E-state index contributed by atoms with van der Waals surface area (Å²) in [5, 5.41) is 7.87. The van der Waals surface area contributed by atoms with Crippen LogP contribution in [-0.2, 0) is 15.8 Å². The Hall–Kier alpha value is -3.80. The standard InChI is InChI=1S/C25H22F4N6O2/c1-14(26)22(36)33-10-17(11-33)35-21-18(34-9-7-24(23(34)37)12-30-13-24)6-8-31-20(21)19(32-35)15-2-4-16(5-3-15)25(27,28)29/h2-6,8,17,30H,1,7,9-13H2. The number of alkyl halides is 3. The minimum atomic E-state index is -4.48. The van der Waals surface area contributed by atoms with Crippen molar-refractivity contribution in [3.05, 3.63) is 54.5 Å². The number of hydrogen-bond donors (Lipinski definition) is 1. The Morgan fingerprint density at radius 3 is 2.41 bits per heavy atom. The van der Waals surface area contributed by atoms with Crippen molar-refractivity contribution < 1.29 is 27.2 Å². The normalized spacial score (nSPS) is 19.4. The van der Waals surface area contributed by atoms with E-state index in [0.717, 1.165) is 12.1 Å². The van der Waals surface area contributed by atoms with E-state index in [4.69, 9.17) is 5.10 Å². The van der Waals surface area contributed by atoms with Gasteiger partial charge in [0.15, 0.2) is 5.83 Å². The smallest absolute Gasteiger partial charge is 0.332 e. The molecule has 37 heavy (non-hydrogen) atoms. The minimum absolute atomic E-state index is 0.00159. The maximum Gasteiger partial charge on any atom is 0.416 e. The number of carbonyl (C=O) groups excluding carboxylic acids is 2. The van der Waals surface area contributed by atoms with Crippen molar-refractivity contribution in [2.75, 3.05) is 37.6 Å². The number of likely N-dealkylation sites (tertiary alicyclic amines) is 1. The SMILES string of the molecule is C=C(F)C(=O)N1CC(n2nc(-c3ccc(C(F)(F)F)cc3)c3nccc(N4CCC5(CNC5)C4=O)c32)C1. The average molecular weight is 514 g/mol. The summed E-state index contributed by atoms with van der Waals surface area (Å²) in [5.41, 5.74) is 1.15. The number of halogens is 4. The lowest BCUT2D eigenvalue weighted by Gasteiger charge is -2.39. The molecule has 0 saturated carbocycles. The molecule has 3 aromatic rings. The van der Waals surface area contributed by atoms with Crippen LogP contribution < -0.4 is 10.2 Å². The molecule has 0 atom stereocenters. The van der Waals surface area contributed by atoms with Crippen LogP contribution in [0.4, 0.5) is 23.2 Å². The molecule has 3 saturated heterocycles. The van der Waals surface area contributed by atoms with Gasteiger partial charge in [-0.25, -0.2) is 4.39 Å². The molecule has 0 aliphatic carbocycles. The molecule has 2 aromatic heterocycles. The molecule has 2 amide bonds. The van der Waals surface area contributed by atoms with Crippen LogP contribution in [0.2, 0.25) is 0 Å². The molecule has 1 spiro atoms. The molecule has 0 bridgehead atoms. The maximum atomic E-state index is 13.4. The first-order valence-corrected chi connectivity index (χ1v) is 11.8. The molecule has 8 nitrogen and oxygen atoms in total. The predicted octanol–water partition coefficient (Wildman–Crippen LogP) is 3.31. The number of nitrogens with one attached hydrogen (secondary N) is 1. The number of fused-ring (bicyclic) bond motifs is 1. The molecule has 3 aliphatic rings. The Balaban J connectivity index is 1.45. The van der Waals surface area contributed by atoms with Crippen LogP contribution in [0.25, 0.3) is 22.3 Å². The van der Waals surface area contributed by atoms with E-state index in [9.17, 15) is 27.2 Å². The van der Waals surface area contributed by atoms with Gasteiger partial charge in [0.05, 0.1) is 22.7 Å². The fourth-order valence-electron chi connectivity index (χ4n) is 5.29. The largest absolute Gasteiger partial charge is 0.416 e. The van der Waals surface area contributed by atoms with Crippen molar-refractivity contribution in [3.8, 4) is 11.3 Å². The van der Waals surface area contributed by atoms with Gasteiger partial charge in [0.2, 0.25) is 5.91 Å². The quantitative estimate of drug-likeness (QED) is 0.427. The first-order valence-electron chi connectivity index (χ1n) is 11.8. The second kappa shape index (κ2) is 8.10. The molecule has 5 heterocycles. The van der Waals surface area contributed by atoms with E-state index in [1.54, 1.807) is 21.8 Å². The first-order chi connectivity index (χ1) is 17.6. The summed E-state index contributed by atoms with van der Waals surface area (Å²) < 4.78 is 54.4. The van der Waals surface area contributed by atoms with E-state index in [-0.39, 0.29) is 25.0 Å². The van der Waals surface area contributed by atoms with Gasteiger partial charge in [0.1, 0.15) is 16.7 Å². The maximum absolute atomic E-state index is 13.4. The number of carbonyl (C=O) groups is 2. The zero-order chi connectivity index (χ0) is 26.1. The molecule has 192 valence electrons. The van der Waals surface area contributed by atoms with Crippen molar-refractivity contribution in [1.82, 2.24) is 25.0 Å². The number of anilines is 1. The van der Waals surface area contributed by atoms with Crippen LogP contribution in [0.3, 0.4) is 0 Å². The highest BCUT2D eigenvalue weighted by Gasteiger charge is 2.51. The van der Waals surface area contributed by atoms with Gasteiger partial charge in [0, 0.05) is 44.5 Å². The second-order valence-corrected chi connectivity index (χ2v) is 9.76. The summed E-state index contributed by atoms with van der Waals surface area (Å²) in [6.45, 7) is 5.12. The summed E-state index contributed by atoms with van der Waals surface area (Å²) in [6.07, 6.45) is -2.22. The van der Waals surface area contributed by atoms with E-state index >= 15 is 0 Å². The lowest BCUT2D eigenvalue weighted by molar-refractivity contribution is -0.137. The highest BCUT2D eigenvalue weighted by atomic mass is 19.4. The first kappa shape index (κ1) is 23.6. The highest BCUT2D eigenvalue weighted by Crippen LogP contribution is 2.42. The number of rotatable bonds is 4. The van der Waals surface area contributed by atoms with E-state index in [1.807, 2.05) is 0 Å². The Morgan fingerprint density at radius 2 is 1.84 bits per heavy atom. The van der Waals surface area contributed by atoms with Gasteiger partial charge in [0.25, 0.3) is 5.91 Å². The summed E-state index contributed by atoms with van der Waals surface area (Å²) in [4.78, 5) is 32.9. The molecule has 3 fully saturated rings. The third-order valence-corrected chi connectivity index (χ3v) is 7.51. The molecule has 0 radical (unpaired) electrons. The predicted molar refractivity (Wildman–Crippen MR) is 126 cm³/mol. The molecule has 0 unspecified atom stereocenters. The van der Waals surface area contributed by atoms with E-state index in [2.05, 4.69) is 16.9 Å². The Kier molecular flexibility index (Phi) is 5.17. The van der Waals surface area contributed by atoms with Crippen LogP contribution in [0.15, 0.2) is 48.9 Å². The molecule has 6 rings (SSSR count). The van der Waals surface area contributed by atoms with Crippen molar-refractivity contribution >= 4 is 28.5 Å². The molecule has 1 N–H and O–H groups in total. The third kappa shape index (κ3) is 3.61. The van der Waals surface area contributed by atoms with Gasteiger partial charge in [-0.1, -0.05) is 18.7 Å². The number of benzene rings is 1. The molecule has 1 aromatic carbocycles. The van der Waals surface area contributed by atoms with Gasteiger partial charge in [-0.05, 0) is 24.6 Å². The van der Waals surface area contributed by atoms with E-state index < -0.39 is 28.9 Å². The van der Waals surface area contributed by atoms with Crippen LogP contribution in [0.1, 0.15) is 18.0 Å². The minimum Gasteiger partial charge on any atom is -0.332 e. The van der Waals surface area contributed by atoms with Gasteiger partial charge in [-0.2, -0.15) is 18.3 Å². The Morgan fingerprint density at radius 1 is 1.14 bits per heavy atom. The Bertz CT molecular complexity index is 1440. The number of nitrogens with zero attached hydrogens (tertiary/aromatic N) is 5. The summed E-state index contributed by atoms with van der Waals surface area (Å²) >= 11 is 0. The van der Waals surface area contributed by atoms with Gasteiger partial charge < -0.3 is 15.1 Å². The van der Waals surface area contributed by atoms with Crippen LogP contribution in [0, 0.1) is 5.41 Å². The van der Waals surface area contributed by atoms with Crippen LogP contribution in [0.5, 0.6) is 0 Å². The van der Waals surface area contributed by atoms with Crippen molar-refractivity contribution in [3.63, 3.8) is 0 Å². The Labute approximate surface area is 208 Å². The topological polar surface area (TPSA) is 83.4 Å². The van der Waals surface area contributed by atoms with E-state index in [0.29, 0.717) is 54.0 Å². The highest BCUT2D eigenvalue weighted by molar-refractivity contribution is 6.08. The molecular weight excluding hydrogens is 492 g/mol. The summed E-state index contributed by atoms with van der Waals surface area (Å²) in [7, 11) is 0. The fourth-order valence-corrected chi connectivity index (χ4v) is 5.29. The third-order valence-electron chi connectivity index (χ3n) is 7.51. The zero-order valence-corrected chi connectivity index (χ0v) is 19.6. The van der Waals surface area contributed by atoms with Crippen LogP contribution >= 0.6 is 0 Å². The lowest BCUT2D eigenvalue weighted by atomic mass is 9.80. The zero-order valence-electron chi connectivity index (χ0n) is 19.6. The number of amides is 2. The van der Waals surface area contributed by atoms with Gasteiger partial charge in [-0.3, -0.25) is 19.3 Å². The van der Waals surface area contributed by atoms with Crippen LogP contribution in [-0.4, -0.2) is 64.2 Å². The van der Waals surface area contributed by atoms with E-state index in [1.165, 1.54) is 17.0 Å². The molecule has 3 aliphatic heterocycles. The molecule has 12 heteroatoms. The summed E-state index contributed by atoms with van der Waals surface area (Å²) in [5.74, 6) is -1.86.